The van der Waals surface area contributed by atoms with E-state index in [9.17, 15) is 4.79 Å². The van der Waals surface area contributed by atoms with Gasteiger partial charge in [-0.3, -0.25) is 0 Å². The average molecular weight is 272 g/mol. The molecule has 0 rings (SSSR count). The summed E-state index contributed by atoms with van der Waals surface area (Å²) in [5.74, 6) is 0. The van der Waals surface area contributed by atoms with Gasteiger partial charge >= 0.3 is 6.09 Å². The van der Waals surface area contributed by atoms with Crippen LogP contribution in [-0.4, -0.2) is 24.3 Å². The number of carbonyl (C=O) groups is 1. The lowest BCUT2D eigenvalue weighted by molar-refractivity contribution is 0.0343. The number of nitrogens with one attached hydrogen (secondary N) is 1. The molecule has 0 heterocycles. The summed E-state index contributed by atoms with van der Waals surface area (Å²) in [6, 6.07) is -0.00148. The minimum absolute atomic E-state index is 0.00148. The van der Waals surface area contributed by atoms with Gasteiger partial charge < -0.3 is 15.8 Å². The first-order chi connectivity index (χ1) is 8.29. The SMILES string of the molecule is CC(C)(C)OC(=O)NC(C(C)(C)C)C(C)(C)CCN. The van der Waals surface area contributed by atoms with E-state index in [1.54, 1.807) is 0 Å². The van der Waals surface area contributed by atoms with Crippen LogP contribution in [0.25, 0.3) is 0 Å². The van der Waals surface area contributed by atoms with Gasteiger partial charge in [0.25, 0.3) is 0 Å². The highest BCUT2D eigenvalue weighted by Crippen LogP contribution is 2.36. The Hall–Kier alpha value is -0.770. The third-order valence-corrected chi connectivity index (χ3v) is 3.10. The lowest BCUT2D eigenvalue weighted by atomic mass is 9.69. The van der Waals surface area contributed by atoms with E-state index in [0.29, 0.717) is 6.54 Å². The minimum Gasteiger partial charge on any atom is -0.444 e. The van der Waals surface area contributed by atoms with Crippen LogP contribution >= 0.6 is 0 Å². The van der Waals surface area contributed by atoms with Gasteiger partial charge in [-0.25, -0.2) is 4.79 Å². The first-order valence-corrected chi connectivity index (χ1v) is 6.99. The number of carbonyl (C=O) groups excluding carboxylic acids is 1. The summed E-state index contributed by atoms with van der Waals surface area (Å²) in [4.78, 5) is 12.0. The Kier molecular flexibility index (Phi) is 5.87. The molecule has 0 saturated carbocycles. The number of nitrogens with two attached hydrogens (primary N) is 1. The van der Waals surface area contributed by atoms with Gasteiger partial charge in [-0.15, -0.1) is 0 Å². The predicted molar refractivity (Wildman–Crippen MR) is 80.1 cm³/mol. The molecule has 19 heavy (non-hydrogen) atoms. The summed E-state index contributed by atoms with van der Waals surface area (Å²) < 4.78 is 5.36. The van der Waals surface area contributed by atoms with Crippen molar-refractivity contribution in [3.8, 4) is 0 Å². The molecule has 1 unspecified atom stereocenters. The summed E-state index contributed by atoms with van der Waals surface area (Å²) in [7, 11) is 0. The second-order valence-electron chi connectivity index (χ2n) is 7.97. The Bertz CT molecular complexity index is 298. The maximum Gasteiger partial charge on any atom is 0.407 e. The molecule has 1 atom stereocenters. The molecule has 0 saturated heterocycles. The average Bonchev–Trinajstić information content (AvgIpc) is 2.09. The van der Waals surface area contributed by atoms with E-state index in [4.69, 9.17) is 10.5 Å². The van der Waals surface area contributed by atoms with E-state index in [0.717, 1.165) is 6.42 Å². The van der Waals surface area contributed by atoms with Crippen molar-refractivity contribution in [1.82, 2.24) is 5.32 Å². The molecule has 4 heteroatoms. The van der Waals surface area contributed by atoms with Crippen LogP contribution in [0.5, 0.6) is 0 Å². The zero-order valence-electron chi connectivity index (χ0n) is 13.9. The molecule has 0 aromatic heterocycles. The smallest absolute Gasteiger partial charge is 0.407 e. The van der Waals surface area contributed by atoms with Gasteiger partial charge in [0.05, 0.1) is 0 Å². The fourth-order valence-electron chi connectivity index (χ4n) is 2.53. The highest BCUT2D eigenvalue weighted by Gasteiger charge is 2.39. The van der Waals surface area contributed by atoms with Crippen molar-refractivity contribution >= 4 is 6.09 Å². The Morgan fingerprint density at radius 2 is 1.58 bits per heavy atom. The summed E-state index contributed by atoms with van der Waals surface area (Å²) in [6.45, 7) is 16.8. The quantitative estimate of drug-likeness (QED) is 0.825. The standard InChI is InChI=1S/C15H32N2O2/c1-13(2,3)11(15(7,8)9-10-16)17-12(18)19-14(4,5)6/h11H,9-10,16H2,1-8H3,(H,17,18). The van der Waals surface area contributed by atoms with Gasteiger partial charge in [-0.2, -0.15) is 0 Å². The van der Waals surface area contributed by atoms with Crippen molar-refractivity contribution in [1.29, 1.82) is 0 Å². The van der Waals surface area contributed by atoms with E-state index >= 15 is 0 Å². The second-order valence-corrected chi connectivity index (χ2v) is 7.97. The van der Waals surface area contributed by atoms with Crippen molar-refractivity contribution in [3.63, 3.8) is 0 Å². The van der Waals surface area contributed by atoms with Gasteiger partial charge in [0.1, 0.15) is 5.60 Å². The predicted octanol–water partition coefficient (Wildman–Crippen LogP) is 3.30. The molecular formula is C15H32N2O2. The third-order valence-electron chi connectivity index (χ3n) is 3.10. The number of amides is 1. The first kappa shape index (κ1) is 18.2. The maximum absolute atomic E-state index is 12.0. The number of ether oxygens (including phenoxy) is 1. The molecule has 0 aromatic rings. The van der Waals surface area contributed by atoms with Crippen molar-refractivity contribution in [2.75, 3.05) is 6.54 Å². The zero-order chi connectivity index (χ0) is 15.5. The van der Waals surface area contributed by atoms with Crippen molar-refractivity contribution in [2.45, 2.75) is 73.5 Å². The zero-order valence-corrected chi connectivity index (χ0v) is 13.9. The van der Waals surface area contributed by atoms with Crippen LogP contribution in [0.4, 0.5) is 4.79 Å². The molecule has 114 valence electrons. The van der Waals surface area contributed by atoms with E-state index in [-0.39, 0.29) is 23.0 Å². The summed E-state index contributed by atoms with van der Waals surface area (Å²) in [5, 5.41) is 3.02. The molecule has 1 amide bonds. The van der Waals surface area contributed by atoms with Gasteiger partial charge in [0.2, 0.25) is 0 Å². The normalized spacial score (nSPS) is 15.0. The van der Waals surface area contributed by atoms with E-state index < -0.39 is 5.60 Å². The Balaban J connectivity index is 4.96. The van der Waals surface area contributed by atoms with E-state index in [1.807, 2.05) is 20.8 Å². The Morgan fingerprint density at radius 1 is 1.11 bits per heavy atom. The van der Waals surface area contributed by atoms with Gasteiger partial charge in [0, 0.05) is 6.04 Å². The summed E-state index contributed by atoms with van der Waals surface area (Å²) in [5.41, 5.74) is 5.06. The van der Waals surface area contributed by atoms with Gasteiger partial charge in [0.15, 0.2) is 0 Å². The topological polar surface area (TPSA) is 64.3 Å². The first-order valence-electron chi connectivity index (χ1n) is 6.99. The highest BCUT2D eigenvalue weighted by molar-refractivity contribution is 5.68. The van der Waals surface area contributed by atoms with Crippen molar-refractivity contribution in [2.24, 2.45) is 16.6 Å². The van der Waals surface area contributed by atoms with Crippen molar-refractivity contribution < 1.29 is 9.53 Å². The number of hydrogen-bond acceptors (Lipinski definition) is 3. The molecule has 0 aliphatic rings. The van der Waals surface area contributed by atoms with E-state index in [1.165, 1.54) is 0 Å². The van der Waals surface area contributed by atoms with Crippen LogP contribution in [0, 0.1) is 10.8 Å². The van der Waals surface area contributed by atoms with Crippen LogP contribution in [0.15, 0.2) is 0 Å². The molecule has 4 nitrogen and oxygen atoms in total. The van der Waals surface area contributed by atoms with Crippen LogP contribution in [0.1, 0.15) is 61.8 Å². The lowest BCUT2D eigenvalue weighted by Crippen LogP contribution is -2.54. The Morgan fingerprint density at radius 3 is 1.89 bits per heavy atom. The molecule has 0 aliphatic heterocycles. The summed E-state index contributed by atoms with van der Waals surface area (Å²) >= 11 is 0. The Labute approximate surface area is 118 Å². The lowest BCUT2D eigenvalue weighted by Gasteiger charge is -2.43. The summed E-state index contributed by atoms with van der Waals surface area (Å²) in [6.07, 6.45) is 0.489. The van der Waals surface area contributed by atoms with E-state index in [2.05, 4.69) is 39.9 Å². The maximum atomic E-state index is 12.0. The number of alkyl carbamates (subject to hydrolysis) is 1. The molecule has 0 aromatic carbocycles. The van der Waals surface area contributed by atoms with Crippen LogP contribution in [-0.2, 0) is 4.74 Å². The number of hydrogen-bond donors (Lipinski definition) is 2. The monoisotopic (exact) mass is 272 g/mol. The molecule has 0 bridgehead atoms. The fourth-order valence-corrected chi connectivity index (χ4v) is 2.53. The molecule has 0 aliphatic carbocycles. The van der Waals surface area contributed by atoms with Gasteiger partial charge in [-0.05, 0) is 44.6 Å². The highest BCUT2D eigenvalue weighted by atomic mass is 16.6. The molecule has 3 N–H and O–H groups in total. The molecule has 0 radical (unpaired) electrons. The minimum atomic E-state index is -0.482. The number of rotatable bonds is 4. The molecular weight excluding hydrogens is 240 g/mol. The van der Waals surface area contributed by atoms with Crippen LogP contribution in [0.2, 0.25) is 0 Å². The largest absolute Gasteiger partial charge is 0.444 e. The molecule has 0 spiro atoms. The van der Waals surface area contributed by atoms with Gasteiger partial charge in [-0.1, -0.05) is 34.6 Å². The van der Waals surface area contributed by atoms with Crippen LogP contribution in [0.3, 0.4) is 0 Å². The molecule has 0 fully saturated rings. The third kappa shape index (κ3) is 6.81. The fraction of sp³-hybridized carbons (Fsp3) is 0.933. The second kappa shape index (κ2) is 6.12. The van der Waals surface area contributed by atoms with Crippen LogP contribution < -0.4 is 11.1 Å². The van der Waals surface area contributed by atoms with Crippen molar-refractivity contribution in [3.05, 3.63) is 0 Å².